The summed E-state index contributed by atoms with van der Waals surface area (Å²) in [4.78, 5) is 30.8. The third-order valence-electron chi connectivity index (χ3n) is 2.79. The zero-order valence-electron chi connectivity index (χ0n) is 10.8. The third-order valence-corrected chi connectivity index (χ3v) is 2.79. The number of pyridine rings is 2. The Morgan fingerprint density at radius 3 is 2.55 bits per heavy atom. The van der Waals surface area contributed by atoms with Gasteiger partial charge in [0.25, 0.3) is 0 Å². The molecule has 0 aliphatic heterocycles. The molecule has 1 amide bonds. The van der Waals surface area contributed by atoms with Crippen LogP contribution in [0.5, 0.6) is 0 Å². The number of amides is 1. The second-order valence-corrected chi connectivity index (χ2v) is 4.20. The minimum atomic E-state index is -1.17. The molecule has 2 aromatic rings. The van der Waals surface area contributed by atoms with Gasteiger partial charge in [-0.15, -0.1) is 0 Å². The number of ketones is 1. The van der Waals surface area contributed by atoms with Gasteiger partial charge in [-0.2, -0.15) is 0 Å². The van der Waals surface area contributed by atoms with Gasteiger partial charge in [0.2, 0.25) is 0 Å². The molecule has 0 aliphatic rings. The molecule has 0 bridgehead atoms. The number of carboxylic acid groups (broad SMARTS) is 1. The lowest BCUT2D eigenvalue weighted by Gasteiger charge is -2.09. The summed E-state index contributed by atoms with van der Waals surface area (Å²) < 4.78 is 0. The highest BCUT2D eigenvalue weighted by Gasteiger charge is 2.19. The van der Waals surface area contributed by atoms with Gasteiger partial charge >= 0.3 is 6.09 Å². The topological polar surface area (TPSA) is 92.2 Å². The van der Waals surface area contributed by atoms with E-state index in [2.05, 4.69) is 15.3 Å². The Morgan fingerprint density at radius 2 is 2.00 bits per heavy atom. The Balaban J connectivity index is 2.15. The maximum absolute atomic E-state index is 12.2. The first-order valence-electron chi connectivity index (χ1n) is 5.99. The maximum Gasteiger partial charge on any atom is 0.409 e. The molecule has 0 saturated heterocycles. The van der Waals surface area contributed by atoms with Crippen molar-refractivity contribution in [3.63, 3.8) is 0 Å². The predicted molar refractivity (Wildman–Crippen MR) is 72.9 cm³/mol. The van der Waals surface area contributed by atoms with Crippen molar-refractivity contribution in [1.29, 1.82) is 0 Å². The van der Waals surface area contributed by atoms with Crippen molar-refractivity contribution >= 4 is 17.6 Å². The lowest BCUT2D eigenvalue weighted by molar-refractivity contribution is 0.0959. The Hall–Kier alpha value is -2.76. The first-order valence-corrected chi connectivity index (χ1v) is 5.99. The summed E-state index contributed by atoms with van der Waals surface area (Å²) in [5, 5.41) is 10.7. The number of rotatable bonds is 4. The van der Waals surface area contributed by atoms with E-state index in [-0.39, 0.29) is 11.5 Å². The summed E-state index contributed by atoms with van der Waals surface area (Å²) in [5.74, 6) is -0.562. The Kier molecular flexibility index (Phi) is 4.05. The predicted octanol–water partition coefficient (Wildman–Crippen LogP) is 2.55. The third kappa shape index (κ3) is 3.17. The molecule has 0 aliphatic carbocycles. The average molecular weight is 271 g/mol. The average Bonchev–Trinajstić information content (AvgIpc) is 2.47. The molecular formula is C14H13N3O3. The van der Waals surface area contributed by atoms with Crippen LogP contribution >= 0.6 is 0 Å². The van der Waals surface area contributed by atoms with Crippen LogP contribution in [0.3, 0.4) is 0 Å². The normalized spacial score (nSPS) is 11.7. The van der Waals surface area contributed by atoms with Crippen molar-refractivity contribution in [1.82, 2.24) is 9.97 Å². The van der Waals surface area contributed by atoms with Crippen molar-refractivity contribution in [2.45, 2.75) is 12.8 Å². The molecule has 0 fully saturated rings. The molecule has 2 rings (SSSR count). The molecule has 0 saturated carbocycles. The lowest BCUT2D eigenvalue weighted by Crippen LogP contribution is -2.13. The van der Waals surface area contributed by atoms with Gasteiger partial charge in [0.15, 0.2) is 5.78 Å². The Morgan fingerprint density at radius 1 is 1.20 bits per heavy atom. The quantitative estimate of drug-likeness (QED) is 0.834. The van der Waals surface area contributed by atoms with E-state index >= 15 is 0 Å². The zero-order chi connectivity index (χ0) is 14.5. The Labute approximate surface area is 115 Å². The van der Waals surface area contributed by atoms with Crippen molar-refractivity contribution in [3.8, 4) is 0 Å². The highest BCUT2D eigenvalue weighted by molar-refractivity contribution is 5.99. The van der Waals surface area contributed by atoms with Crippen LogP contribution in [0.25, 0.3) is 0 Å². The van der Waals surface area contributed by atoms with Crippen LogP contribution in [0.1, 0.15) is 29.0 Å². The summed E-state index contributed by atoms with van der Waals surface area (Å²) in [6.07, 6.45) is 1.77. The summed E-state index contributed by atoms with van der Waals surface area (Å²) in [5.41, 5.74) is 1.27. The van der Waals surface area contributed by atoms with E-state index < -0.39 is 12.0 Å². The van der Waals surface area contributed by atoms with Crippen LogP contribution in [0.15, 0.2) is 42.7 Å². The fraction of sp³-hybridized carbons (Fsp3) is 0.143. The van der Waals surface area contributed by atoms with Gasteiger partial charge in [-0.05, 0) is 31.2 Å². The maximum atomic E-state index is 12.2. The number of nitrogens with one attached hydrogen (secondary N) is 1. The molecule has 1 unspecified atom stereocenters. The number of carbonyl (C=O) groups is 2. The number of nitrogens with zero attached hydrogens (tertiary/aromatic N) is 2. The molecule has 0 spiro atoms. The SMILES string of the molecule is CC(C(=O)c1ccc(NC(=O)O)cn1)c1ccccn1. The van der Waals surface area contributed by atoms with E-state index in [1.54, 1.807) is 25.3 Å². The van der Waals surface area contributed by atoms with Crippen molar-refractivity contribution in [3.05, 3.63) is 54.1 Å². The minimum absolute atomic E-state index is 0.162. The van der Waals surface area contributed by atoms with E-state index in [1.165, 1.54) is 18.3 Å². The van der Waals surface area contributed by atoms with Crippen LogP contribution < -0.4 is 5.32 Å². The summed E-state index contributed by atoms with van der Waals surface area (Å²) >= 11 is 0. The molecule has 20 heavy (non-hydrogen) atoms. The number of Topliss-reactive ketones (excluding diaryl/α,β-unsaturated/α-hetero) is 1. The van der Waals surface area contributed by atoms with Crippen LogP contribution in [0.2, 0.25) is 0 Å². The van der Waals surface area contributed by atoms with E-state index in [4.69, 9.17) is 5.11 Å². The molecule has 2 aromatic heterocycles. The number of carbonyl (C=O) groups excluding carboxylic acids is 1. The number of anilines is 1. The van der Waals surface area contributed by atoms with E-state index in [9.17, 15) is 9.59 Å². The largest absolute Gasteiger partial charge is 0.465 e. The summed E-state index contributed by atoms with van der Waals surface area (Å²) in [6.45, 7) is 1.76. The van der Waals surface area contributed by atoms with Crippen LogP contribution in [-0.2, 0) is 0 Å². The van der Waals surface area contributed by atoms with Gasteiger partial charge in [0, 0.05) is 6.20 Å². The second kappa shape index (κ2) is 5.92. The lowest BCUT2D eigenvalue weighted by atomic mass is 9.99. The minimum Gasteiger partial charge on any atom is -0.465 e. The summed E-state index contributed by atoms with van der Waals surface area (Å²) in [7, 11) is 0. The molecule has 6 nitrogen and oxygen atoms in total. The fourth-order valence-corrected chi connectivity index (χ4v) is 1.73. The van der Waals surface area contributed by atoms with Crippen LogP contribution in [0, 0.1) is 0 Å². The molecule has 0 aromatic carbocycles. The second-order valence-electron chi connectivity index (χ2n) is 4.20. The molecule has 102 valence electrons. The monoisotopic (exact) mass is 271 g/mol. The van der Waals surface area contributed by atoms with Gasteiger partial charge in [-0.1, -0.05) is 6.07 Å². The summed E-state index contributed by atoms with van der Waals surface area (Å²) in [6, 6.07) is 8.38. The zero-order valence-corrected chi connectivity index (χ0v) is 10.8. The van der Waals surface area contributed by atoms with E-state index in [0.29, 0.717) is 11.4 Å². The molecule has 6 heteroatoms. The van der Waals surface area contributed by atoms with E-state index in [0.717, 1.165) is 0 Å². The Bertz CT molecular complexity index is 611. The van der Waals surface area contributed by atoms with Crippen LogP contribution in [0.4, 0.5) is 10.5 Å². The standard InChI is InChI=1S/C14H13N3O3/c1-9(11-4-2-3-7-15-11)13(18)12-6-5-10(8-16-12)17-14(19)20/h2-9,17H,1H3,(H,19,20). The van der Waals surface area contributed by atoms with Crippen LogP contribution in [-0.4, -0.2) is 27.0 Å². The number of aromatic nitrogens is 2. The number of hydrogen-bond acceptors (Lipinski definition) is 4. The molecule has 1 atom stereocenters. The molecule has 2 N–H and O–H groups in total. The smallest absolute Gasteiger partial charge is 0.409 e. The van der Waals surface area contributed by atoms with Gasteiger partial charge in [-0.3, -0.25) is 20.1 Å². The van der Waals surface area contributed by atoms with E-state index in [1.807, 2.05) is 6.07 Å². The first kappa shape index (κ1) is 13.7. The first-order chi connectivity index (χ1) is 9.58. The fourth-order valence-electron chi connectivity index (χ4n) is 1.73. The van der Waals surface area contributed by atoms with Crippen molar-refractivity contribution < 1.29 is 14.7 Å². The molecule has 2 heterocycles. The highest BCUT2D eigenvalue weighted by Crippen LogP contribution is 2.18. The highest BCUT2D eigenvalue weighted by atomic mass is 16.4. The van der Waals surface area contributed by atoms with Crippen molar-refractivity contribution in [2.75, 3.05) is 5.32 Å². The number of hydrogen-bond donors (Lipinski definition) is 2. The van der Waals surface area contributed by atoms with Gasteiger partial charge in [0.1, 0.15) is 5.69 Å². The molecular weight excluding hydrogens is 258 g/mol. The van der Waals surface area contributed by atoms with Gasteiger partial charge in [0.05, 0.1) is 23.5 Å². The van der Waals surface area contributed by atoms with Crippen molar-refractivity contribution in [2.24, 2.45) is 0 Å². The molecule has 0 radical (unpaired) electrons. The van der Waals surface area contributed by atoms with Gasteiger partial charge < -0.3 is 5.11 Å². The van der Waals surface area contributed by atoms with Gasteiger partial charge in [-0.25, -0.2) is 4.79 Å².